The van der Waals surface area contributed by atoms with Crippen molar-refractivity contribution in [3.63, 3.8) is 0 Å². The monoisotopic (exact) mass is 227 g/mol. The first-order valence-corrected chi connectivity index (χ1v) is 5.48. The summed E-state index contributed by atoms with van der Waals surface area (Å²) in [6.45, 7) is 5.48. The van der Waals surface area contributed by atoms with Gasteiger partial charge in [0.1, 0.15) is 13.4 Å². The highest BCUT2D eigenvalue weighted by Gasteiger charge is 2.20. The van der Waals surface area contributed by atoms with Gasteiger partial charge >= 0.3 is 6.09 Å². The van der Waals surface area contributed by atoms with E-state index in [0.717, 1.165) is 10.9 Å². The molecule has 4 heteroatoms. The molecule has 3 nitrogen and oxygen atoms in total. The molecule has 0 aliphatic heterocycles. The number of para-hydroxylation sites is 1. The van der Waals surface area contributed by atoms with Gasteiger partial charge in [0, 0.05) is 0 Å². The number of benzene rings is 1. The topological polar surface area (TPSA) is 31.2 Å². The van der Waals surface area contributed by atoms with E-state index in [9.17, 15) is 4.79 Å². The Bertz CT molecular complexity index is 566. The van der Waals surface area contributed by atoms with Crippen molar-refractivity contribution >= 4 is 30.4 Å². The van der Waals surface area contributed by atoms with Gasteiger partial charge in [0.15, 0.2) is 0 Å². The third-order valence-electron chi connectivity index (χ3n) is 2.32. The summed E-state index contributed by atoms with van der Waals surface area (Å²) in [5.41, 5.74) is 0.620. The lowest BCUT2D eigenvalue weighted by Crippen LogP contribution is -2.32. The van der Waals surface area contributed by atoms with E-state index in [1.165, 1.54) is 4.57 Å². The van der Waals surface area contributed by atoms with Crippen LogP contribution in [0.3, 0.4) is 0 Å². The van der Waals surface area contributed by atoms with Crippen LogP contribution in [0.5, 0.6) is 0 Å². The molecule has 1 aromatic heterocycles. The minimum absolute atomic E-state index is 0.389. The summed E-state index contributed by atoms with van der Waals surface area (Å²) in [4.78, 5) is 12.0. The second kappa shape index (κ2) is 3.95. The summed E-state index contributed by atoms with van der Waals surface area (Å²) in [7, 11) is 5.84. The standard InChI is InChI=1S/C13H14BNO2/c1-13(2,3)17-12(16)15-10-7-5-4-6-9(10)8-11(15)14/h4-8H,1-3H3. The molecule has 0 unspecified atom stereocenters. The lowest BCUT2D eigenvalue weighted by Gasteiger charge is -2.20. The van der Waals surface area contributed by atoms with Gasteiger partial charge in [-0.15, -0.1) is 0 Å². The van der Waals surface area contributed by atoms with Gasteiger partial charge in [0.25, 0.3) is 0 Å². The molecule has 1 heterocycles. The molecule has 0 aliphatic carbocycles. The molecule has 2 rings (SSSR count). The molecule has 0 bridgehead atoms. The molecule has 86 valence electrons. The Balaban J connectivity index is 2.48. The summed E-state index contributed by atoms with van der Waals surface area (Å²) in [6.07, 6.45) is -0.448. The van der Waals surface area contributed by atoms with E-state index in [2.05, 4.69) is 0 Å². The number of carbonyl (C=O) groups is 1. The first-order valence-electron chi connectivity index (χ1n) is 5.48. The van der Waals surface area contributed by atoms with Crippen molar-refractivity contribution in [2.75, 3.05) is 0 Å². The molecule has 0 fully saturated rings. The maximum atomic E-state index is 12.0. The lowest BCUT2D eigenvalue weighted by atomic mass is 10.1. The van der Waals surface area contributed by atoms with Crippen molar-refractivity contribution in [3.05, 3.63) is 30.3 Å². The summed E-state index contributed by atoms with van der Waals surface area (Å²) in [5.74, 6) is 0. The molecule has 0 spiro atoms. The molecular formula is C13H14BNO2. The average molecular weight is 227 g/mol. The predicted molar refractivity (Wildman–Crippen MR) is 69.0 cm³/mol. The van der Waals surface area contributed by atoms with Crippen LogP contribution in [0.15, 0.2) is 30.3 Å². The Morgan fingerprint density at radius 1 is 1.29 bits per heavy atom. The molecule has 17 heavy (non-hydrogen) atoms. The molecule has 0 aliphatic rings. The first-order chi connectivity index (χ1) is 7.88. The fraction of sp³-hybridized carbons (Fsp3) is 0.308. The van der Waals surface area contributed by atoms with E-state index in [4.69, 9.17) is 12.6 Å². The summed E-state index contributed by atoms with van der Waals surface area (Å²) >= 11 is 0. The van der Waals surface area contributed by atoms with Gasteiger partial charge in [0.05, 0.1) is 5.52 Å². The van der Waals surface area contributed by atoms with Gasteiger partial charge in [-0.2, -0.15) is 0 Å². The van der Waals surface area contributed by atoms with Crippen molar-refractivity contribution in [2.24, 2.45) is 0 Å². The summed E-state index contributed by atoms with van der Waals surface area (Å²) in [6, 6.07) is 9.28. The Kier molecular flexibility index (Phi) is 2.73. The van der Waals surface area contributed by atoms with Crippen molar-refractivity contribution in [1.29, 1.82) is 0 Å². The number of hydrogen-bond acceptors (Lipinski definition) is 2. The highest BCUT2D eigenvalue weighted by molar-refractivity contribution is 6.34. The van der Waals surface area contributed by atoms with Crippen LogP contribution in [0.1, 0.15) is 20.8 Å². The molecule has 0 atom stereocenters. The molecule has 0 saturated heterocycles. The van der Waals surface area contributed by atoms with Crippen molar-refractivity contribution in [3.8, 4) is 0 Å². The van der Waals surface area contributed by atoms with Crippen LogP contribution in [0, 0.1) is 0 Å². The van der Waals surface area contributed by atoms with Crippen LogP contribution < -0.4 is 5.59 Å². The van der Waals surface area contributed by atoms with Gasteiger partial charge in [-0.1, -0.05) is 18.2 Å². The van der Waals surface area contributed by atoms with Gasteiger partial charge in [-0.3, -0.25) is 4.57 Å². The fourth-order valence-corrected chi connectivity index (χ4v) is 1.69. The smallest absolute Gasteiger partial charge is 0.418 e. The zero-order chi connectivity index (χ0) is 12.6. The van der Waals surface area contributed by atoms with E-state index in [-0.39, 0.29) is 0 Å². The molecule has 0 amide bonds. The van der Waals surface area contributed by atoms with E-state index >= 15 is 0 Å². The number of fused-ring (bicyclic) bond motifs is 1. The first kappa shape index (κ1) is 11.8. The predicted octanol–water partition coefficient (Wildman–Crippen LogP) is 2.22. The Morgan fingerprint density at radius 2 is 1.94 bits per heavy atom. The highest BCUT2D eigenvalue weighted by Crippen LogP contribution is 2.16. The highest BCUT2D eigenvalue weighted by atomic mass is 16.6. The van der Waals surface area contributed by atoms with Crippen LogP contribution in [-0.4, -0.2) is 24.1 Å². The van der Waals surface area contributed by atoms with Crippen molar-refractivity contribution in [1.82, 2.24) is 4.57 Å². The third kappa shape index (κ3) is 2.35. The maximum absolute atomic E-state index is 12.0. The molecule has 1 aromatic carbocycles. The van der Waals surface area contributed by atoms with Gasteiger partial charge in [0.2, 0.25) is 0 Å². The van der Waals surface area contributed by atoms with Crippen LogP contribution in [0.2, 0.25) is 0 Å². The number of ether oxygens (including phenoxy) is 1. The Hall–Kier alpha value is -1.71. The maximum Gasteiger partial charge on any atom is 0.418 e. The Labute approximate surface area is 102 Å². The van der Waals surface area contributed by atoms with Crippen molar-refractivity contribution < 1.29 is 9.53 Å². The van der Waals surface area contributed by atoms with Crippen LogP contribution in [0.25, 0.3) is 10.9 Å². The van der Waals surface area contributed by atoms with E-state index in [0.29, 0.717) is 5.59 Å². The van der Waals surface area contributed by atoms with Crippen LogP contribution in [-0.2, 0) is 4.74 Å². The number of rotatable bonds is 0. The third-order valence-corrected chi connectivity index (χ3v) is 2.32. The number of nitrogens with zero attached hydrogens (tertiary/aromatic N) is 1. The SMILES string of the molecule is [B]c1cc2ccccc2n1C(=O)OC(C)(C)C. The quantitative estimate of drug-likeness (QED) is 0.646. The molecular weight excluding hydrogens is 213 g/mol. The molecule has 0 N–H and O–H groups in total. The van der Waals surface area contributed by atoms with Gasteiger partial charge in [-0.25, -0.2) is 4.79 Å². The largest absolute Gasteiger partial charge is 0.443 e. The second-order valence-corrected chi connectivity index (χ2v) is 4.94. The zero-order valence-corrected chi connectivity index (χ0v) is 10.2. The zero-order valence-electron chi connectivity index (χ0n) is 10.2. The van der Waals surface area contributed by atoms with E-state index < -0.39 is 11.7 Å². The number of carbonyl (C=O) groups excluding carboxylic acids is 1. The van der Waals surface area contributed by atoms with Crippen LogP contribution in [0.4, 0.5) is 4.79 Å². The van der Waals surface area contributed by atoms with Crippen LogP contribution >= 0.6 is 0 Å². The van der Waals surface area contributed by atoms with Gasteiger partial charge in [-0.05, 0) is 43.9 Å². The van der Waals surface area contributed by atoms with Crippen molar-refractivity contribution in [2.45, 2.75) is 26.4 Å². The molecule has 2 radical (unpaired) electrons. The minimum atomic E-state index is -0.533. The number of hydrogen-bond donors (Lipinski definition) is 0. The summed E-state index contributed by atoms with van der Waals surface area (Å²) < 4.78 is 6.70. The minimum Gasteiger partial charge on any atom is -0.443 e. The van der Waals surface area contributed by atoms with Gasteiger partial charge < -0.3 is 4.74 Å². The summed E-state index contributed by atoms with van der Waals surface area (Å²) in [5, 5.41) is 0.927. The average Bonchev–Trinajstić information content (AvgIpc) is 2.50. The second-order valence-electron chi connectivity index (χ2n) is 4.94. The lowest BCUT2D eigenvalue weighted by molar-refractivity contribution is 0.0549. The normalized spacial score (nSPS) is 11.7. The van der Waals surface area contributed by atoms with E-state index in [1.54, 1.807) is 6.07 Å². The fourth-order valence-electron chi connectivity index (χ4n) is 1.69. The molecule has 2 aromatic rings. The Morgan fingerprint density at radius 3 is 2.59 bits per heavy atom. The molecule has 0 saturated carbocycles. The number of aromatic nitrogens is 1. The van der Waals surface area contributed by atoms with E-state index in [1.807, 2.05) is 45.0 Å².